The minimum atomic E-state index is -0.299. The number of imidazole rings is 1. The monoisotopic (exact) mass is 277 g/mol. The first-order valence-corrected chi connectivity index (χ1v) is 6.86. The van der Waals surface area contributed by atoms with Crippen molar-refractivity contribution in [2.45, 2.75) is 24.5 Å². The molecule has 2 fully saturated rings. The van der Waals surface area contributed by atoms with E-state index >= 15 is 0 Å². The lowest BCUT2D eigenvalue weighted by molar-refractivity contribution is -0.126. The van der Waals surface area contributed by atoms with E-state index in [2.05, 4.69) is 9.97 Å². The van der Waals surface area contributed by atoms with E-state index in [1.54, 1.807) is 36.7 Å². The molecule has 6 nitrogen and oxygen atoms in total. The molecule has 108 valence electrons. The van der Waals surface area contributed by atoms with Crippen LogP contribution in [0.3, 0.4) is 0 Å². The Morgan fingerprint density at radius 3 is 3.25 bits per heavy atom. The van der Waals surface area contributed by atoms with Crippen molar-refractivity contribution in [1.82, 2.24) is 14.9 Å². The summed E-state index contributed by atoms with van der Waals surface area (Å²) in [4.78, 5) is 20.9. The van der Waals surface area contributed by atoms with Crippen LogP contribution in [-0.4, -0.2) is 59.3 Å². The van der Waals surface area contributed by atoms with Crippen LogP contribution in [0.25, 0.3) is 6.08 Å². The smallest absolute Gasteiger partial charge is 0.246 e. The van der Waals surface area contributed by atoms with Crippen molar-refractivity contribution in [3.8, 4) is 0 Å². The number of amides is 1. The predicted molar refractivity (Wildman–Crippen MR) is 72.9 cm³/mol. The van der Waals surface area contributed by atoms with E-state index in [-0.39, 0.29) is 17.6 Å². The number of methoxy groups -OCH3 is 1. The van der Waals surface area contributed by atoms with Crippen LogP contribution < -0.4 is 0 Å². The normalized spacial score (nSPS) is 29.9. The fourth-order valence-electron chi connectivity index (χ4n) is 3.04. The number of rotatable bonds is 3. The molecule has 6 heteroatoms. The first kappa shape index (κ1) is 13.3. The molecule has 3 rings (SSSR count). The molecule has 1 amide bonds. The highest BCUT2D eigenvalue weighted by Crippen LogP contribution is 2.36. The zero-order valence-electron chi connectivity index (χ0n) is 11.5. The second-order valence-electron chi connectivity index (χ2n) is 5.30. The molecule has 0 bridgehead atoms. The van der Waals surface area contributed by atoms with Crippen LogP contribution >= 0.6 is 0 Å². The Hall–Kier alpha value is -1.66. The average molecular weight is 277 g/mol. The molecule has 2 atom stereocenters. The Morgan fingerprint density at radius 2 is 2.60 bits per heavy atom. The number of aromatic amines is 1. The zero-order chi connectivity index (χ0) is 14.0. The molecule has 20 heavy (non-hydrogen) atoms. The number of hydrogen-bond donors (Lipinski definition) is 1. The lowest BCUT2D eigenvalue weighted by Crippen LogP contribution is -2.42. The van der Waals surface area contributed by atoms with Gasteiger partial charge in [-0.2, -0.15) is 0 Å². The van der Waals surface area contributed by atoms with Gasteiger partial charge in [0.2, 0.25) is 5.91 Å². The van der Waals surface area contributed by atoms with Gasteiger partial charge in [0.25, 0.3) is 0 Å². The van der Waals surface area contributed by atoms with E-state index < -0.39 is 0 Å². The summed E-state index contributed by atoms with van der Waals surface area (Å²) < 4.78 is 11.4. The summed E-state index contributed by atoms with van der Waals surface area (Å²) >= 11 is 0. The highest BCUT2D eigenvalue weighted by molar-refractivity contribution is 5.91. The molecule has 0 radical (unpaired) electrons. The van der Waals surface area contributed by atoms with Gasteiger partial charge < -0.3 is 19.4 Å². The highest BCUT2D eigenvalue weighted by atomic mass is 16.6. The lowest BCUT2D eigenvalue weighted by atomic mass is 9.97. The maximum Gasteiger partial charge on any atom is 0.246 e. The molecule has 3 heterocycles. The quantitative estimate of drug-likeness (QED) is 0.831. The summed E-state index contributed by atoms with van der Waals surface area (Å²) in [5.41, 5.74) is 0.513. The molecule has 1 aromatic heterocycles. The van der Waals surface area contributed by atoms with E-state index in [1.165, 1.54) is 0 Å². The van der Waals surface area contributed by atoms with Crippen LogP contribution in [0.2, 0.25) is 0 Å². The molecule has 2 aliphatic rings. The van der Waals surface area contributed by atoms with Crippen molar-refractivity contribution in [2.24, 2.45) is 0 Å². The van der Waals surface area contributed by atoms with E-state index in [9.17, 15) is 4.79 Å². The van der Waals surface area contributed by atoms with Gasteiger partial charge in [0.1, 0.15) is 11.7 Å². The van der Waals surface area contributed by atoms with Crippen LogP contribution in [0.1, 0.15) is 18.5 Å². The zero-order valence-corrected chi connectivity index (χ0v) is 11.5. The van der Waals surface area contributed by atoms with E-state index in [0.717, 1.165) is 25.1 Å². The van der Waals surface area contributed by atoms with Gasteiger partial charge >= 0.3 is 0 Å². The number of carbonyl (C=O) groups excluding carboxylic acids is 1. The number of nitrogens with one attached hydrogen (secondary N) is 1. The summed E-state index contributed by atoms with van der Waals surface area (Å²) in [6.45, 7) is 1.95. The third-order valence-corrected chi connectivity index (χ3v) is 4.09. The Kier molecular flexibility index (Phi) is 3.58. The van der Waals surface area contributed by atoms with Crippen molar-refractivity contribution >= 4 is 12.0 Å². The number of carbonyl (C=O) groups is 1. The molecule has 0 aromatic carbocycles. The molecule has 1 spiro atoms. The Labute approximate surface area is 117 Å². The molecule has 2 saturated heterocycles. The average Bonchev–Trinajstić information content (AvgIpc) is 3.18. The third-order valence-electron chi connectivity index (χ3n) is 4.09. The standard InChI is InChI=1S/C14H19N3O3/c1-19-12-8-17(9-14(12)5-2-6-20-14)13(18)4-3-11-7-15-10-16-11/h3-4,7,10,12H,2,5-6,8-9H2,1H3,(H,15,16)/b4-3+/t12-,14-/m1/s1. The van der Waals surface area contributed by atoms with Gasteiger partial charge in [-0.25, -0.2) is 4.98 Å². The Morgan fingerprint density at radius 1 is 1.70 bits per heavy atom. The molecular formula is C14H19N3O3. The predicted octanol–water partition coefficient (Wildman–Crippen LogP) is 0.829. The second kappa shape index (κ2) is 5.38. The van der Waals surface area contributed by atoms with Crippen molar-refractivity contribution in [3.63, 3.8) is 0 Å². The van der Waals surface area contributed by atoms with Crippen LogP contribution in [0.5, 0.6) is 0 Å². The summed E-state index contributed by atoms with van der Waals surface area (Å²) in [5, 5.41) is 0. The summed E-state index contributed by atoms with van der Waals surface area (Å²) in [5.74, 6) is -0.0194. The SMILES string of the molecule is CO[C@@H]1CN(C(=O)/C=C/c2cnc[nH]2)C[C@]12CCCO2. The number of aromatic nitrogens is 2. The molecule has 0 unspecified atom stereocenters. The maximum absolute atomic E-state index is 12.2. The summed E-state index contributed by atoms with van der Waals surface area (Å²) in [6, 6.07) is 0. The lowest BCUT2D eigenvalue weighted by Gasteiger charge is -2.27. The molecule has 1 aromatic rings. The summed E-state index contributed by atoms with van der Waals surface area (Å²) in [6.07, 6.45) is 8.52. The largest absolute Gasteiger partial charge is 0.377 e. The fourth-order valence-corrected chi connectivity index (χ4v) is 3.04. The van der Waals surface area contributed by atoms with Crippen LogP contribution in [-0.2, 0) is 14.3 Å². The van der Waals surface area contributed by atoms with Gasteiger partial charge in [-0.05, 0) is 18.9 Å². The number of H-pyrrole nitrogens is 1. The Balaban J connectivity index is 1.67. The van der Waals surface area contributed by atoms with Crippen LogP contribution in [0, 0.1) is 0 Å². The summed E-state index contributed by atoms with van der Waals surface area (Å²) in [7, 11) is 1.68. The van der Waals surface area contributed by atoms with Gasteiger partial charge in [0.15, 0.2) is 0 Å². The second-order valence-corrected chi connectivity index (χ2v) is 5.30. The number of nitrogens with zero attached hydrogens (tertiary/aromatic N) is 2. The van der Waals surface area contributed by atoms with Crippen molar-refractivity contribution in [1.29, 1.82) is 0 Å². The van der Waals surface area contributed by atoms with Gasteiger partial charge in [0, 0.05) is 19.8 Å². The Bertz CT molecular complexity index is 492. The molecule has 2 aliphatic heterocycles. The van der Waals surface area contributed by atoms with Crippen LogP contribution in [0.4, 0.5) is 0 Å². The first-order chi connectivity index (χ1) is 9.73. The van der Waals surface area contributed by atoms with Crippen LogP contribution in [0.15, 0.2) is 18.6 Å². The van der Waals surface area contributed by atoms with E-state index in [4.69, 9.17) is 9.47 Å². The molecular weight excluding hydrogens is 258 g/mol. The van der Waals surface area contributed by atoms with Gasteiger partial charge in [-0.1, -0.05) is 0 Å². The minimum absolute atomic E-state index is 0.0194. The number of ether oxygens (including phenoxy) is 2. The maximum atomic E-state index is 12.2. The topological polar surface area (TPSA) is 67.5 Å². The molecule has 0 aliphatic carbocycles. The van der Waals surface area contributed by atoms with Crippen molar-refractivity contribution in [2.75, 3.05) is 26.8 Å². The fraction of sp³-hybridized carbons (Fsp3) is 0.571. The first-order valence-electron chi connectivity index (χ1n) is 6.86. The van der Waals surface area contributed by atoms with Crippen molar-refractivity contribution in [3.05, 3.63) is 24.3 Å². The highest BCUT2D eigenvalue weighted by Gasteiger charge is 2.51. The van der Waals surface area contributed by atoms with Gasteiger partial charge in [-0.15, -0.1) is 0 Å². The van der Waals surface area contributed by atoms with Gasteiger partial charge in [-0.3, -0.25) is 4.79 Å². The number of likely N-dealkylation sites (tertiary alicyclic amines) is 1. The molecule has 1 N–H and O–H groups in total. The third kappa shape index (κ3) is 2.36. The van der Waals surface area contributed by atoms with Gasteiger partial charge in [0.05, 0.1) is 31.3 Å². The van der Waals surface area contributed by atoms with E-state index in [0.29, 0.717) is 13.1 Å². The molecule has 0 saturated carbocycles. The number of hydrogen-bond acceptors (Lipinski definition) is 4. The van der Waals surface area contributed by atoms with Crippen molar-refractivity contribution < 1.29 is 14.3 Å². The van der Waals surface area contributed by atoms with E-state index in [1.807, 2.05) is 0 Å². The minimum Gasteiger partial charge on any atom is -0.377 e.